The van der Waals surface area contributed by atoms with Crippen LogP contribution in [-0.4, -0.2) is 73.0 Å². The number of methoxy groups -OCH3 is 2. The van der Waals surface area contributed by atoms with Gasteiger partial charge in [0.05, 0.1) is 19.8 Å². The van der Waals surface area contributed by atoms with E-state index >= 15 is 0 Å². The van der Waals surface area contributed by atoms with Crippen LogP contribution in [0.15, 0.2) is 28.8 Å². The zero-order chi connectivity index (χ0) is 21.9. The average Bonchev–Trinajstić information content (AvgIpc) is 3.21. The first-order valence-corrected chi connectivity index (χ1v) is 9.68. The van der Waals surface area contributed by atoms with Gasteiger partial charge in [-0.3, -0.25) is 4.79 Å². The maximum absolute atomic E-state index is 12.8. The molecule has 0 saturated carbocycles. The third-order valence-electron chi connectivity index (χ3n) is 4.62. The first-order chi connectivity index (χ1) is 14.2. The summed E-state index contributed by atoms with van der Waals surface area (Å²) in [6.07, 6.45) is -0.372. The van der Waals surface area contributed by atoms with Crippen molar-refractivity contribution < 1.29 is 28.3 Å². The molecule has 1 fully saturated rings. The highest BCUT2D eigenvalue weighted by molar-refractivity contribution is 5.93. The fourth-order valence-corrected chi connectivity index (χ4v) is 3.09. The van der Waals surface area contributed by atoms with Crippen LogP contribution in [0.1, 0.15) is 31.3 Å². The van der Waals surface area contributed by atoms with Gasteiger partial charge in [0, 0.05) is 32.2 Å². The molecular formula is C21H27N3O6. The molecule has 2 amide bonds. The van der Waals surface area contributed by atoms with Gasteiger partial charge in [-0.25, -0.2) is 4.79 Å². The van der Waals surface area contributed by atoms with Crippen molar-refractivity contribution in [3.8, 4) is 22.8 Å². The lowest BCUT2D eigenvalue weighted by Crippen LogP contribution is -2.51. The van der Waals surface area contributed by atoms with Crippen LogP contribution < -0.4 is 9.47 Å². The molecule has 1 aromatic heterocycles. The van der Waals surface area contributed by atoms with Gasteiger partial charge in [-0.1, -0.05) is 5.16 Å². The second kappa shape index (κ2) is 8.64. The van der Waals surface area contributed by atoms with Crippen LogP contribution in [0.4, 0.5) is 4.79 Å². The number of ether oxygens (including phenoxy) is 3. The molecule has 162 valence electrons. The number of hydrogen-bond donors (Lipinski definition) is 0. The van der Waals surface area contributed by atoms with Crippen LogP contribution in [0, 0.1) is 0 Å². The average molecular weight is 417 g/mol. The molecule has 0 unspecified atom stereocenters. The largest absolute Gasteiger partial charge is 0.497 e. The molecule has 2 heterocycles. The lowest BCUT2D eigenvalue weighted by molar-refractivity contribution is 0.0139. The fraction of sp³-hybridized carbons (Fsp3) is 0.476. The molecule has 1 aromatic carbocycles. The molecule has 1 aliphatic heterocycles. The standard InChI is InChI=1S/C21H27N3O6/c1-21(2,3)29-20(26)24-10-8-23(9-11-24)19(25)16-13-18(30-22-16)15-12-14(27-4)6-7-17(15)28-5/h6-7,12-13H,8-11H2,1-5H3. The van der Waals surface area contributed by atoms with Gasteiger partial charge in [0.1, 0.15) is 17.1 Å². The van der Waals surface area contributed by atoms with Crippen molar-refractivity contribution in [1.82, 2.24) is 15.0 Å². The number of benzene rings is 1. The van der Waals surface area contributed by atoms with Crippen molar-refractivity contribution in [2.75, 3.05) is 40.4 Å². The Balaban J connectivity index is 1.67. The van der Waals surface area contributed by atoms with Crippen molar-refractivity contribution in [2.24, 2.45) is 0 Å². The summed E-state index contributed by atoms with van der Waals surface area (Å²) >= 11 is 0. The van der Waals surface area contributed by atoms with Crippen LogP contribution in [0.25, 0.3) is 11.3 Å². The number of carbonyl (C=O) groups excluding carboxylic acids is 2. The molecule has 30 heavy (non-hydrogen) atoms. The van der Waals surface area contributed by atoms with Gasteiger partial charge in [0.25, 0.3) is 5.91 Å². The normalized spacial score (nSPS) is 14.4. The van der Waals surface area contributed by atoms with E-state index in [1.54, 1.807) is 48.3 Å². The van der Waals surface area contributed by atoms with E-state index in [-0.39, 0.29) is 17.7 Å². The van der Waals surface area contributed by atoms with E-state index in [9.17, 15) is 9.59 Å². The maximum atomic E-state index is 12.8. The summed E-state index contributed by atoms with van der Waals surface area (Å²) in [4.78, 5) is 28.3. The first kappa shape index (κ1) is 21.5. The zero-order valence-corrected chi connectivity index (χ0v) is 17.9. The lowest BCUT2D eigenvalue weighted by Gasteiger charge is -2.35. The summed E-state index contributed by atoms with van der Waals surface area (Å²) in [5.74, 6) is 1.36. The van der Waals surface area contributed by atoms with Crippen molar-refractivity contribution in [1.29, 1.82) is 0 Å². The van der Waals surface area contributed by atoms with Gasteiger partial charge in [0.15, 0.2) is 11.5 Å². The number of piperazine rings is 1. The van der Waals surface area contributed by atoms with Crippen LogP contribution in [0.5, 0.6) is 11.5 Å². The van der Waals surface area contributed by atoms with Crippen LogP contribution in [0.2, 0.25) is 0 Å². The van der Waals surface area contributed by atoms with Crippen LogP contribution >= 0.6 is 0 Å². The summed E-state index contributed by atoms with van der Waals surface area (Å²) in [5, 5.41) is 3.93. The Kier molecular flexibility index (Phi) is 6.19. The molecule has 1 aliphatic rings. The summed E-state index contributed by atoms with van der Waals surface area (Å²) in [6, 6.07) is 6.87. The monoisotopic (exact) mass is 417 g/mol. The number of aromatic nitrogens is 1. The number of nitrogens with zero attached hydrogens (tertiary/aromatic N) is 3. The van der Waals surface area contributed by atoms with Gasteiger partial charge >= 0.3 is 6.09 Å². The molecule has 0 aliphatic carbocycles. The topological polar surface area (TPSA) is 94.3 Å². The van der Waals surface area contributed by atoms with Gasteiger partial charge in [-0.05, 0) is 39.0 Å². The smallest absolute Gasteiger partial charge is 0.410 e. The van der Waals surface area contributed by atoms with Crippen LogP contribution in [0.3, 0.4) is 0 Å². The molecule has 0 spiro atoms. The molecule has 0 N–H and O–H groups in total. The minimum absolute atomic E-state index is 0.195. The van der Waals surface area contributed by atoms with Gasteiger partial charge in [0.2, 0.25) is 0 Å². The van der Waals surface area contributed by atoms with E-state index < -0.39 is 5.60 Å². The van der Waals surface area contributed by atoms with Gasteiger partial charge in [-0.15, -0.1) is 0 Å². The van der Waals surface area contributed by atoms with E-state index in [1.807, 2.05) is 20.8 Å². The third-order valence-corrected chi connectivity index (χ3v) is 4.62. The van der Waals surface area contributed by atoms with Gasteiger partial charge < -0.3 is 28.5 Å². The molecule has 9 nitrogen and oxygen atoms in total. The van der Waals surface area contributed by atoms with Crippen molar-refractivity contribution in [3.63, 3.8) is 0 Å². The molecule has 2 aromatic rings. The minimum atomic E-state index is -0.553. The Labute approximate surface area is 175 Å². The Bertz CT molecular complexity index is 910. The lowest BCUT2D eigenvalue weighted by atomic mass is 10.1. The van der Waals surface area contributed by atoms with E-state index in [0.29, 0.717) is 49.0 Å². The number of rotatable bonds is 4. The highest BCUT2D eigenvalue weighted by atomic mass is 16.6. The predicted octanol–water partition coefficient (Wildman–Crippen LogP) is 3.05. The zero-order valence-electron chi connectivity index (χ0n) is 17.9. The summed E-state index contributed by atoms with van der Waals surface area (Å²) in [5.41, 5.74) is 0.279. The first-order valence-electron chi connectivity index (χ1n) is 9.68. The third kappa shape index (κ3) is 4.84. The molecule has 1 saturated heterocycles. The van der Waals surface area contributed by atoms with Crippen molar-refractivity contribution in [3.05, 3.63) is 30.0 Å². The predicted molar refractivity (Wildman–Crippen MR) is 109 cm³/mol. The molecule has 0 radical (unpaired) electrons. The molecule has 3 rings (SSSR count). The maximum Gasteiger partial charge on any atom is 0.410 e. The van der Waals surface area contributed by atoms with E-state index in [4.69, 9.17) is 18.7 Å². The summed E-state index contributed by atoms with van der Waals surface area (Å²) in [6.45, 7) is 7.05. The summed E-state index contributed by atoms with van der Waals surface area (Å²) < 4.78 is 21.4. The Morgan fingerprint density at radius 1 is 1.00 bits per heavy atom. The molecule has 0 bridgehead atoms. The quantitative estimate of drug-likeness (QED) is 0.755. The summed E-state index contributed by atoms with van der Waals surface area (Å²) in [7, 11) is 3.12. The highest BCUT2D eigenvalue weighted by Gasteiger charge is 2.29. The van der Waals surface area contributed by atoms with Crippen molar-refractivity contribution >= 4 is 12.0 Å². The molecule has 0 atom stereocenters. The van der Waals surface area contributed by atoms with E-state index in [1.165, 1.54) is 0 Å². The SMILES string of the molecule is COc1ccc(OC)c(-c2cc(C(=O)N3CCN(C(=O)OC(C)(C)C)CC3)no2)c1. The van der Waals surface area contributed by atoms with Crippen molar-refractivity contribution in [2.45, 2.75) is 26.4 Å². The Hall–Kier alpha value is -3.23. The van der Waals surface area contributed by atoms with E-state index in [0.717, 1.165) is 0 Å². The molecule has 9 heteroatoms. The van der Waals surface area contributed by atoms with Crippen LogP contribution in [-0.2, 0) is 4.74 Å². The second-order valence-electron chi connectivity index (χ2n) is 7.90. The Morgan fingerprint density at radius 3 is 2.27 bits per heavy atom. The minimum Gasteiger partial charge on any atom is -0.497 e. The number of hydrogen-bond acceptors (Lipinski definition) is 7. The highest BCUT2D eigenvalue weighted by Crippen LogP contribution is 2.34. The molecular weight excluding hydrogens is 390 g/mol. The fourth-order valence-electron chi connectivity index (χ4n) is 3.09. The second-order valence-corrected chi connectivity index (χ2v) is 7.90. The number of amides is 2. The Morgan fingerprint density at radius 2 is 1.67 bits per heavy atom. The van der Waals surface area contributed by atoms with E-state index in [2.05, 4.69) is 5.16 Å². The number of carbonyl (C=O) groups is 2. The van der Waals surface area contributed by atoms with Gasteiger partial charge in [-0.2, -0.15) is 0 Å².